The van der Waals surface area contributed by atoms with Crippen molar-refractivity contribution in [2.45, 2.75) is 25.8 Å². The molecule has 0 aliphatic carbocycles. The highest BCUT2D eigenvalue weighted by atomic mass is 16.5. The molecule has 0 spiro atoms. The molecule has 8 nitrogen and oxygen atoms in total. The maximum Gasteiger partial charge on any atom is 0.248 e. The van der Waals surface area contributed by atoms with E-state index in [1.807, 2.05) is 0 Å². The zero-order valence-corrected chi connectivity index (χ0v) is 19.0. The molecule has 3 N–H and O–H groups in total. The van der Waals surface area contributed by atoms with E-state index < -0.39 is 5.54 Å². The highest BCUT2D eigenvalue weighted by Gasteiger charge is 2.19. The summed E-state index contributed by atoms with van der Waals surface area (Å²) in [7, 11) is 4.58. The third-order valence-corrected chi connectivity index (χ3v) is 4.57. The van der Waals surface area contributed by atoms with E-state index in [1.54, 1.807) is 56.3 Å². The van der Waals surface area contributed by atoms with Crippen molar-refractivity contribution in [1.29, 1.82) is 0 Å². The van der Waals surface area contributed by atoms with Gasteiger partial charge in [0, 0.05) is 11.8 Å². The Balaban J connectivity index is 2.00. The summed E-state index contributed by atoms with van der Waals surface area (Å²) in [5.74, 6) is 0.969. The predicted octanol–water partition coefficient (Wildman–Crippen LogP) is 2.79. The van der Waals surface area contributed by atoms with Gasteiger partial charge in [0.2, 0.25) is 17.6 Å². The van der Waals surface area contributed by atoms with Crippen molar-refractivity contribution in [3.63, 3.8) is 0 Å². The maximum atomic E-state index is 12.3. The molecule has 0 unspecified atom stereocenters. The number of aliphatic hydroxyl groups is 1. The Morgan fingerprint density at radius 2 is 1.59 bits per heavy atom. The molecule has 2 amide bonds. The monoisotopic (exact) mass is 442 g/mol. The van der Waals surface area contributed by atoms with Gasteiger partial charge in [0.25, 0.3) is 0 Å². The van der Waals surface area contributed by atoms with E-state index in [4.69, 9.17) is 14.2 Å². The summed E-state index contributed by atoms with van der Waals surface area (Å²) in [5.41, 5.74) is 1.43. The molecule has 0 radical (unpaired) electrons. The highest BCUT2D eigenvalue weighted by Crippen LogP contribution is 2.38. The minimum Gasteiger partial charge on any atom is -0.493 e. The lowest BCUT2D eigenvalue weighted by Crippen LogP contribution is -2.46. The predicted molar refractivity (Wildman–Crippen MR) is 123 cm³/mol. The standard InChI is InChI=1S/C24H30N2O6/c1-24(2,15-27)26-22(29)14-16-6-9-18(10-7-16)25-21(28)11-8-17-12-19(30-3)23(32-5)20(13-17)31-4/h6-13,27H,14-15H2,1-5H3,(H,25,28)(H,26,29)/b11-8+. The summed E-state index contributed by atoms with van der Waals surface area (Å²) in [6.45, 7) is 3.34. The largest absolute Gasteiger partial charge is 0.493 e. The Morgan fingerprint density at radius 3 is 2.09 bits per heavy atom. The number of hydrogen-bond donors (Lipinski definition) is 3. The van der Waals surface area contributed by atoms with Crippen LogP contribution < -0.4 is 24.8 Å². The van der Waals surface area contributed by atoms with Gasteiger partial charge in [-0.3, -0.25) is 9.59 Å². The van der Waals surface area contributed by atoms with Crippen LogP contribution in [0.3, 0.4) is 0 Å². The summed E-state index contributed by atoms with van der Waals surface area (Å²) in [4.78, 5) is 24.4. The van der Waals surface area contributed by atoms with Gasteiger partial charge < -0.3 is 30.0 Å². The molecule has 0 fully saturated rings. The Kier molecular flexibility index (Phi) is 8.66. The molecular weight excluding hydrogens is 412 g/mol. The van der Waals surface area contributed by atoms with Crippen molar-refractivity contribution in [2.24, 2.45) is 0 Å². The summed E-state index contributed by atoms with van der Waals surface area (Å²) in [6, 6.07) is 10.5. The van der Waals surface area contributed by atoms with Gasteiger partial charge >= 0.3 is 0 Å². The molecular formula is C24H30N2O6. The number of nitrogens with one attached hydrogen (secondary N) is 2. The second-order valence-electron chi connectivity index (χ2n) is 7.75. The van der Waals surface area contributed by atoms with E-state index in [1.165, 1.54) is 27.4 Å². The molecule has 0 heterocycles. The fraction of sp³-hybridized carbons (Fsp3) is 0.333. The molecule has 8 heteroatoms. The number of aliphatic hydroxyl groups excluding tert-OH is 1. The number of anilines is 1. The SMILES string of the molecule is COc1cc(/C=C/C(=O)Nc2ccc(CC(=O)NC(C)(C)CO)cc2)cc(OC)c1OC. The van der Waals surface area contributed by atoms with Crippen LogP contribution in [0.15, 0.2) is 42.5 Å². The van der Waals surface area contributed by atoms with Crippen LogP contribution in [0.5, 0.6) is 17.2 Å². The first-order chi connectivity index (χ1) is 15.2. The van der Waals surface area contributed by atoms with Crippen LogP contribution >= 0.6 is 0 Å². The van der Waals surface area contributed by atoms with Gasteiger partial charge in [0.1, 0.15) is 0 Å². The topological polar surface area (TPSA) is 106 Å². The molecule has 0 atom stereocenters. The smallest absolute Gasteiger partial charge is 0.248 e. The van der Waals surface area contributed by atoms with E-state index >= 15 is 0 Å². The molecule has 0 aromatic heterocycles. The number of rotatable bonds is 10. The van der Waals surface area contributed by atoms with Crippen molar-refractivity contribution < 1.29 is 28.9 Å². The molecule has 2 rings (SSSR count). The normalized spacial score (nSPS) is 11.2. The Labute approximate surface area is 188 Å². The van der Waals surface area contributed by atoms with E-state index in [2.05, 4.69) is 10.6 Å². The van der Waals surface area contributed by atoms with Crippen molar-refractivity contribution in [3.05, 3.63) is 53.6 Å². The molecule has 0 saturated heterocycles. The summed E-state index contributed by atoms with van der Waals surface area (Å²) >= 11 is 0. The molecule has 2 aromatic carbocycles. The van der Waals surface area contributed by atoms with Crippen LogP contribution in [-0.4, -0.2) is 50.4 Å². The number of methoxy groups -OCH3 is 3. The second kappa shape index (κ2) is 11.2. The average molecular weight is 443 g/mol. The molecule has 32 heavy (non-hydrogen) atoms. The fourth-order valence-corrected chi connectivity index (χ4v) is 2.91. The van der Waals surface area contributed by atoms with Crippen molar-refractivity contribution >= 4 is 23.6 Å². The number of hydrogen-bond acceptors (Lipinski definition) is 6. The van der Waals surface area contributed by atoms with Crippen LogP contribution in [-0.2, 0) is 16.0 Å². The molecule has 0 aliphatic heterocycles. The fourth-order valence-electron chi connectivity index (χ4n) is 2.91. The first kappa shape index (κ1) is 24.7. The first-order valence-electron chi connectivity index (χ1n) is 10.0. The number of benzene rings is 2. The zero-order chi connectivity index (χ0) is 23.7. The quantitative estimate of drug-likeness (QED) is 0.489. The Morgan fingerprint density at radius 1 is 1.00 bits per heavy atom. The minimum atomic E-state index is -0.671. The lowest BCUT2D eigenvalue weighted by Gasteiger charge is -2.23. The number of ether oxygens (including phenoxy) is 3. The molecule has 0 bridgehead atoms. The Hall–Kier alpha value is -3.52. The van der Waals surface area contributed by atoms with Crippen LogP contribution in [0.2, 0.25) is 0 Å². The number of carbonyl (C=O) groups excluding carboxylic acids is 2. The molecule has 0 aliphatic rings. The van der Waals surface area contributed by atoms with Gasteiger partial charge in [-0.25, -0.2) is 0 Å². The zero-order valence-electron chi connectivity index (χ0n) is 19.0. The molecule has 0 saturated carbocycles. The van der Waals surface area contributed by atoms with Gasteiger partial charge in [-0.1, -0.05) is 12.1 Å². The van der Waals surface area contributed by atoms with Crippen molar-refractivity contribution in [1.82, 2.24) is 5.32 Å². The van der Waals surface area contributed by atoms with Gasteiger partial charge in [-0.15, -0.1) is 0 Å². The molecule has 172 valence electrons. The van der Waals surface area contributed by atoms with Crippen LogP contribution in [0.4, 0.5) is 5.69 Å². The first-order valence-corrected chi connectivity index (χ1v) is 10.0. The maximum absolute atomic E-state index is 12.3. The third kappa shape index (κ3) is 7.02. The van der Waals surface area contributed by atoms with Crippen LogP contribution in [0, 0.1) is 0 Å². The lowest BCUT2D eigenvalue weighted by atomic mass is 10.1. The van der Waals surface area contributed by atoms with Gasteiger partial charge in [0.15, 0.2) is 11.5 Å². The Bertz CT molecular complexity index is 942. The third-order valence-electron chi connectivity index (χ3n) is 4.57. The van der Waals surface area contributed by atoms with E-state index in [0.717, 1.165) is 5.56 Å². The van der Waals surface area contributed by atoms with Gasteiger partial charge in [-0.05, 0) is 55.3 Å². The van der Waals surface area contributed by atoms with Gasteiger partial charge in [-0.2, -0.15) is 0 Å². The van der Waals surface area contributed by atoms with Crippen LogP contribution in [0.1, 0.15) is 25.0 Å². The van der Waals surface area contributed by atoms with E-state index in [-0.39, 0.29) is 24.8 Å². The summed E-state index contributed by atoms with van der Waals surface area (Å²) < 4.78 is 15.9. The molecule has 2 aromatic rings. The lowest BCUT2D eigenvalue weighted by molar-refractivity contribution is -0.122. The van der Waals surface area contributed by atoms with Crippen molar-refractivity contribution in [2.75, 3.05) is 33.3 Å². The highest BCUT2D eigenvalue weighted by molar-refractivity contribution is 6.02. The van der Waals surface area contributed by atoms with Gasteiger partial charge in [0.05, 0.1) is 39.9 Å². The second-order valence-corrected chi connectivity index (χ2v) is 7.75. The minimum absolute atomic E-state index is 0.146. The van der Waals surface area contributed by atoms with E-state index in [0.29, 0.717) is 28.5 Å². The summed E-state index contributed by atoms with van der Waals surface area (Å²) in [6.07, 6.45) is 3.22. The number of carbonyl (C=O) groups is 2. The van der Waals surface area contributed by atoms with E-state index in [9.17, 15) is 14.7 Å². The van der Waals surface area contributed by atoms with Crippen molar-refractivity contribution in [3.8, 4) is 17.2 Å². The van der Waals surface area contributed by atoms with Crippen LogP contribution in [0.25, 0.3) is 6.08 Å². The summed E-state index contributed by atoms with van der Waals surface area (Å²) in [5, 5.41) is 14.8. The number of amides is 2. The average Bonchev–Trinajstić information content (AvgIpc) is 2.77.